The van der Waals surface area contributed by atoms with Crippen molar-refractivity contribution in [1.29, 1.82) is 0 Å². The van der Waals surface area contributed by atoms with Gasteiger partial charge in [-0.2, -0.15) is 0 Å². The van der Waals surface area contributed by atoms with Crippen molar-refractivity contribution in [3.8, 4) is 0 Å². The number of hydrogen-bond acceptors (Lipinski definition) is 4. The Balaban J connectivity index is 1.90. The van der Waals surface area contributed by atoms with Crippen molar-refractivity contribution in [3.05, 3.63) is 30.1 Å². The van der Waals surface area contributed by atoms with E-state index in [2.05, 4.69) is 9.97 Å². The van der Waals surface area contributed by atoms with E-state index in [1.54, 1.807) is 24.5 Å². The number of carboxylic acid groups (broad SMARTS) is 1. The molecule has 1 saturated heterocycles. The van der Waals surface area contributed by atoms with Gasteiger partial charge in [0.05, 0.1) is 23.5 Å². The Bertz CT molecular complexity index is 696. The van der Waals surface area contributed by atoms with Crippen LogP contribution in [0.25, 0.3) is 11.0 Å². The number of nitrogens with zero attached hydrogens (tertiary/aromatic N) is 2. The zero-order chi connectivity index (χ0) is 15.0. The average molecular weight is 289 g/mol. The predicted octanol–water partition coefficient (Wildman–Crippen LogP) is 0.877. The molecule has 21 heavy (non-hydrogen) atoms. The molecule has 1 amide bonds. The molecule has 2 aromatic rings. The van der Waals surface area contributed by atoms with Crippen LogP contribution in [0.2, 0.25) is 0 Å². The number of rotatable bonds is 3. The highest BCUT2D eigenvalue weighted by Gasteiger charge is 2.40. The van der Waals surface area contributed by atoms with Crippen molar-refractivity contribution >= 4 is 22.9 Å². The predicted molar refractivity (Wildman–Crippen MR) is 74.0 cm³/mol. The van der Waals surface area contributed by atoms with E-state index >= 15 is 0 Å². The van der Waals surface area contributed by atoms with Crippen LogP contribution in [0.3, 0.4) is 0 Å². The van der Waals surface area contributed by atoms with E-state index in [0.717, 1.165) is 11.0 Å². The highest BCUT2D eigenvalue weighted by molar-refractivity contribution is 5.99. The van der Waals surface area contributed by atoms with Gasteiger partial charge < -0.3 is 19.7 Å². The van der Waals surface area contributed by atoms with Crippen molar-refractivity contribution in [2.24, 2.45) is 0 Å². The van der Waals surface area contributed by atoms with E-state index in [9.17, 15) is 14.7 Å². The molecule has 2 unspecified atom stereocenters. The molecule has 1 fully saturated rings. The first-order valence-corrected chi connectivity index (χ1v) is 6.60. The molecule has 2 atom stereocenters. The zero-order valence-electron chi connectivity index (χ0n) is 11.4. The first-order valence-electron chi connectivity index (χ1n) is 6.60. The molecule has 2 N–H and O–H groups in total. The maximum absolute atomic E-state index is 12.6. The molecule has 0 aliphatic carbocycles. The van der Waals surface area contributed by atoms with Gasteiger partial charge in [0.15, 0.2) is 0 Å². The summed E-state index contributed by atoms with van der Waals surface area (Å²) in [6, 6.07) is 4.23. The number of imidazole rings is 1. The van der Waals surface area contributed by atoms with Crippen molar-refractivity contribution in [2.75, 3.05) is 13.7 Å². The largest absolute Gasteiger partial charge is 0.480 e. The van der Waals surface area contributed by atoms with Gasteiger partial charge in [-0.15, -0.1) is 0 Å². The fourth-order valence-electron chi connectivity index (χ4n) is 2.66. The highest BCUT2D eigenvalue weighted by atomic mass is 16.5. The lowest BCUT2D eigenvalue weighted by atomic mass is 10.1. The molecule has 0 saturated carbocycles. The first kappa shape index (κ1) is 13.6. The second kappa shape index (κ2) is 5.17. The number of amides is 1. The van der Waals surface area contributed by atoms with Gasteiger partial charge in [0.1, 0.15) is 6.04 Å². The molecular weight excluding hydrogens is 274 g/mol. The van der Waals surface area contributed by atoms with Crippen LogP contribution in [0.5, 0.6) is 0 Å². The molecular formula is C14H15N3O4. The summed E-state index contributed by atoms with van der Waals surface area (Å²) < 4.78 is 5.19. The second-order valence-electron chi connectivity index (χ2n) is 5.04. The standard InChI is InChI=1S/C14H15N3O4/c1-21-9-5-12(14(19)20)17(6-9)13(18)8-2-3-10-11(4-8)16-7-15-10/h2-4,7,9,12H,5-6H2,1H3,(H,15,16)(H,19,20). The van der Waals surface area contributed by atoms with Crippen molar-refractivity contribution in [2.45, 2.75) is 18.6 Å². The van der Waals surface area contributed by atoms with Gasteiger partial charge in [0, 0.05) is 25.6 Å². The molecule has 0 bridgehead atoms. The number of aliphatic carboxylic acids is 1. The quantitative estimate of drug-likeness (QED) is 0.874. The number of aromatic amines is 1. The molecule has 7 heteroatoms. The Kier molecular flexibility index (Phi) is 3.34. The lowest BCUT2D eigenvalue weighted by Gasteiger charge is -2.21. The number of ether oxygens (including phenoxy) is 1. The number of methoxy groups -OCH3 is 1. The van der Waals surface area contributed by atoms with Crippen molar-refractivity contribution < 1.29 is 19.4 Å². The summed E-state index contributed by atoms with van der Waals surface area (Å²) in [5.41, 5.74) is 1.95. The third kappa shape index (κ3) is 2.36. The van der Waals surface area contributed by atoms with E-state index in [1.807, 2.05) is 0 Å². The second-order valence-corrected chi connectivity index (χ2v) is 5.04. The highest BCUT2D eigenvalue weighted by Crippen LogP contribution is 2.23. The molecule has 110 valence electrons. The number of carboxylic acids is 1. The monoisotopic (exact) mass is 289 g/mol. The van der Waals surface area contributed by atoms with Crippen molar-refractivity contribution in [1.82, 2.24) is 14.9 Å². The van der Waals surface area contributed by atoms with Gasteiger partial charge in [0.25, 0.3) is 5.91 Å². The number of aromatic nitrogens is 2. The van der Waals surface area contributed by atoms with Crippen LogP contribution in [0.4, 0.5) is 0 Å². The molecule has 1 aromatic carbocycles. The van der Waals surface area contributed by atoms with Crippen LogP contribution in [0.15, 0.2) is 24.5 Å². The minimum Gasteiger partial charge on any atom is -0.480 e. The van der Waals surface area contributed by atoms with Gasteiger partial charge in [0.2, 0.25) is 0 Å². The molecule has 1 aromatic heterocycles. The van der Waals surface area contributed by atoms with E-state index in [4.69, 9.17) is 4.74 Å². The minimum absolute atomic E-state index is 0.245. The Morgan fingerprint density at radius 1 is 1.48 bits per heavy atom. The van der Waals surface area contributed by atoms with Gasteiger partial charge in [-0.05, 0) is 18.2 Å². The Morgan fingerprint density at radius 3 is 3.00 bits per heavy atom. The lowest BCUT2D eigenvalue weighted by molar-refractivity contribution is -0.141. The maximum atomic E-state index is 12.6. The molecule has 1 aliphatic rings. The SMILES string of the molecule is COC1CC(C(=O)O)N(C(=O)c2ccc3nc[nH]c3c2)C1. The average Bonchev–Trinajstić information content (AvgIpc) is 3.11. The van der Waals surface area contributed by atoms with Crippen LogP contribution in [0.1, 0.15) is 16.8 Å². The van der Waals surface area contributed by atoms with E-state index < -0.39 is 12.0 Å². The Hall–Kier alpha value is -2.41. The van der Waals surface area contributed by atoms with Gasteiger partial charge in [-0.1, -0.05) is 0 Å². The number of carbonyl (C=O) groups is 2. The number of benzene rings is 1. The normalized spacial score (nSPS) is 21.9. The fraction of sp³-hybridized carbons (Fsp3) is 0.357. The van der Waals surface area contributed by atoms with Gasteiger partial charge in [-0.3, -0.25) is 4.79 Å². The van der Waals surface area contributed by atoms with Gasteiger partial charge >= 0.3 is 5.97 Å². The van der Waals surface area contributed by atoms with Crippen LogP contribution in [0, 0.1) is 0 Å². The number of hydrogen-bond donors (Lipinski definition) is 2. The van der Waals surface area contributed by atoms with Crippen molar-refractivity contribution in [3.63, 3.8) is 0 Å². The van der Waals surface area contributed by atoms with E-state index in [-0.39, 0.29) is 18.6 Å². The summed E-state index contributed by atoms with van der Waals surface area (Å²) in [6.07, 6.45) is 1.62. The van der Waals surface area contributed by atoms with E-state index in [0.29, 0.717) is 12.0 Å². The third-order valence-electron chi connectivity index (χ3n) is 3.81. The summed E-state index contributed by atoms with van der Waals surface area (Å²) in [6.45, 7) is 0.285. The smallest absolute Gasteiger partial charge is 0.326 e. The summed E-state index contributed by atoms with van der Waals surface area (Å²) in [7, 11) is 1.52. The molecule has 0 radical (unpaired) electrons. The minimum atomic E-state index is -1.01. The number of carbonyl (C=O) groups excluding carboxylic acids is 1. The van der Waals surface area contributed by atoms with Crippen LogP contribution in [-0.4, -0.2) is 57.7 Å². The van der Waals surface area contributed by atoms with Crippen LogP contribution in [-0.2, 0) is 9.53 Å². The third-order valence-corrected chi connectivity index (χ3v) is 3.81. The Labute approximate surface area is 120 Å². The summed E-state index contributed by atoms with van der Waals surface area (Å²) in [4.78, 5) is 32.3. The molecule has 2 heterocycles. The van der Waals surface area contributed by atoms with Gasteiger partial charge in [-0.25, -0.2) is 9.78 Å². The molecule has 7 nitrogen and oxygen atoms in total. The van der Waals surface area contributed by atoms with E-state index in [1.165, 1.54) is 12.0 Å². The van der Waals surface area contributed by atoms with Crippen LogP contribution >= 0.6 is 0 Å². The Morgan fingerprint density at radius 2 is 2.29 bits per heavy atom. The molecule has 0 spiro atoms. The maximum Gasteiger partial charge on any atom is 0.326 e. The number of likely N-dealkylation sites (tertiary alicyclic amines) is 1. The molecule has 1 aliphatic heterocycles. The lowest BCUT2D eigenvalue weighted by Crippen LogP contribution is -2.40. The fourth-order valence-corrected chi connectivity index (χ4v) is 2.66. The number of nitrogens with one attached hydrogen (secondary N) is 1. The summed E-state index contributed by atoms with van der Waals surface area (Å²) in [5.74, 6) is -1.32. The zero-order valence-corrected chi connectivity index (χ0v) is 11.4. The topological polar surface area (TPSA) is 95.5 Å². The first-order chi connectivity index (χ1) is 10.1. The van der Waals surface area contributed by atoms with Crippen LogP contribution < -0.4 is 0 Å². The molecule has 3 rings (SSSR count). The number of H-pyrrole nitrogens is 1. The summed E-state index contributed by atoms with van der Waals surface area (Å²) >= 11 is 0. The number of fused-ring (bicyclic) bond motifs is 1. The summed E-state index contributed by atoms with van der Waals surface area (Å²) in [5, 5.41) is 9.27.